The molecule has 0 aliphatic carbocycles. The molecule has 0 amide bonds. The van der Waals surface area contributed by atoms with Crippen LogP contribution in [-0.2, 0) is 19.5 Å². The van der Waals surface area contributed by atoms with E-state index >= 15 is 0 Å². The van der Waals surface area contributed by atoms with Crippen molar-refractivity contribution >= 4 is 27.3 Å². The van der Waals surface area contributed by atoms with Crippen molar-refractivity contribution in [3.63, 3.8) is 0 Å². The van der Waals surface area contributed by atoms with E-state index in [1.54, 1.807) is 19.2 Å². The predicted molar refractivity (Wildman–Crippen MR) is 76.7 cm³/mol. The van der Waals surface area contributed by atoms with Crippen LogP contribution in [0.1, 0.15) is 29.1 Å². The molecule has 0 spiro atoms. The third-order valence-electron chi connectivity index (χ3n) is 2.49. The average Bonchev–Trinajstić information content (AvgIpc) is 2.77. The number of carbonyl (C=O) groups is 1. The number of hydrogen-bond acceptors (Lipinski definition) is 6. The van der Waals surface area contributed by atoms with E-state index in [1.165, 1.54) is 7.11 Å². The van der Waals surface area contributed by atoms with Gasteiger partial charge >= 0.3 is 5.97 Å². The molecule has 1 atom stereocenters. The number of sulfonamides is 1. The second-order valence-corrected chi connectivity index (χ2v) is 6.78. The maximum atomic E-state index is 12.4. The van der Waals surface area contributed by atoms with Crippen molar-refractivity contribution in [2.24, 2.45) is 0 Å². The Morgan fingerprint density at radius 2 is 2.15 bits per heavy atom. The summed E-state index contributed by atoms with van der Waals surface area (Å²) in [5, 5.41) is 1.62. The van der Waals surface area contributed by atoms with Gasteiger partial charge in [-0.1, -0.05) is 0 Å². The maximum absolute atomic E-state index is 12.4. The van der Waals surface area contributed by atoms with E-state index in [0.29, 0.717) is 12.2 Å². The van der Waals surface area contributed by atoms with Gasteiger partial charge in [-0.25, -0.2) is 17.9 Å². The molecule has 8 heteroatoms. The summed E-state index contributed by atoms with van der Waals surface area (Å²) in [7, 11) is -2.56. The van der Waals surface area contributed by atoms with E-state index in [9.17, 15) is 13.2 Å². The second-order valence-electron chi connectivity index (χ2n) is 4.25. The molecular formula is C12H19NO5S2. The number of ether oxygens (including phenoxy) is 2. The summed E-state index contributed by atoms with van der Waals surface area (Å²) in [6.45, 7) is 5.96. The van der Waals surface area contributed by atoms with Gasteiger partial charge in [-0.05, 0) is 31.7 Å². The zero-order valence-corrected chi connectivity index (χ0v) is 13.6. The monoisotopic (exact) mass is 321 g/mol. The zero-order chi connectivity index (χ0) is 15.3. The quantitative estimate of drug-likeness (QED) is 0.771. The zero-order valence-electron chi connectivity index (χ0n) is 11.9. The van der Waals surface area contributed by atoms with Crippen molar-refractivity contribution in [2.45, 2.75) is 31.7 Å². The second kappa shape index (κ2) is 7.16. The molecule has 6 nitrogen and oxygen atoms in total. The highest BCUT2D eigenvalue weighted by Gasteiger charge is 2.28. The van der Waals surface area contributed by atoms with Crippen LogP contribution >= 0.6 is 11.3 Å². The lowest BCUT2D eigenvalue weighted by Crippen LogP contribution is -2.36. The maximum Gasteiger partial charge on any atom is 0.349 e. The Labute approximate surface area is 123 Å². The summed E-state index contributed by atoms with van der Waals surface area (Å²) < 4.78 is 37.0. The number of nitrogens with one attached hydrogen (secondary N) is 1. The van der Waals surface area contributed by atoms with Crippen molar-refractivity contribution in [2.75, 3.05) is 20.3 Å². The lowest BCUT2D eigenvalue weighted by molar-refractivity contribution is 0.0602. The summed E-state index contributed by atoms with van der Waals surface area (Å²) in [6, 6.07) is -0.384. The number of aryl methyl sites for hydroxylation is 1. The highest BCUT2D eigenvalue weighted by Crippen LogP contribution is 2.27. The molecule has 0 saturated carbocycles. The lowest BCUT2D eigenvalue weighted by atomic mass is 10.3. The largest absolute Gasteiger partial charge is 0.465 e. The molecule has 0 bridgehead atoms. The van der Waals surface area contributed by atoms with Gasteiger partial charge in [0.2, 0.25) is 10.0 Å². The van der Waals surface area contributed by atoms with Gasteiger partial charge in [0.25, 0.3) is 0 Å². The van der Waals surface area contributed by atoms with Crippen LogP contribution in [0.3, 0.4) is 0 Å². The first kappa shape index (κ1) is 17.1. The molecule has 0 aliphatic heterocycles. The van der Waals surface area contributed by atoms with Gasteiger partial charge in [0.15, 0.2) is 0 Å². The smallest absolute Gasteiger partial charge is 0.349 e. The van der Waals surface area contributed by atoms with Gasteiger partial charge < -0.3 is 9.47 Å². The van der Waals surface area contributed by atoms with Gasteiger partial charge in [-0.3, -0.25) is 0 Å². The first-order chi connectivity index (χ1) is 9.33. The fourth-order valence-corrected chi connectivity index (χ4v) is 4.59. The molecule has 0 aliphatic rings. The van der Waals surface area contributed by atoms with Crippen LogP contribution in [0, 0.1) is 6.92 Å². The Bertz CT molecular complexity index is 564. The third kappa shape index (κ3) is 4.02. The minimum absolute atomic E-state index is 0.0160. The van der Waals surface area contributed by atoms with E-state index in [4.69, 9.17) is 4.74 Å². The number of thiophene rings is 1. The number of methoxy groups -OCH3 is 1. The Hall–Kier alpha value is -0.960. The van der Waals surface area contributed by atoms with E-state index in [2.05, 4.69) is 9.46 Å². The topological polar surface area (TPSA) is 81.7 Å². The molecule has 20 heavy (non-hydrogen) atoms. The fraction of sp³-hybridized carbons (Fsp3) is 0.583. The van der Waals surface area contributed by atoms with E-state index in [1.807, 2.05) is 6.92 Å². The normalized spacial score (nSPS) is 13.2. The summed E-state index contributed by atoms with van der Waals surface area (Å²) in [5.74, 6) is -0.652. The standard InChI is InChI=1S/C12H19NO5S2/c1-5-18-6-9(3)13-20(15,16)11-8(2)7-19-10(11)12(14)17-4/h7,9,13H,5-6H2,1-4H3. The van der Waals surface area contributed by atoms with Crippen molar-refractivity contribution in [1.29, 1.82) is 0 Å². The highest BCUT2D eigenvalue weighted by atomic mass is 32.2. The van der Waals surface area contributed by atoms with E-state index < -0.39 is 16.0 Å². The van der Waals surface area contributed by atoms with Crippen LogP contribution in [0.25, 0.3) is 0 Å². The molecule has 1 aromatic heterocycles. The molecule has 114 valence electrons. The molecule has 1 heterocycles. The first-order valence-electron chi connectivity index (χ1n) is 6.10. The van der Waals surface area contributed by atoms with Crippen LogP contribution in [0.2, 0.25) is 0 Å². The molecule has 0 radical (unpaired) electrons. The Balaban J connectivity index is 3.04. The van der Waals surface area contributed by atoms with Crippen LogP contribution < -0.4 is 4.72 Å². The average molecular weight is 321 g/mol. The van der Waals surface area contributed by atoms with Crippen molar-refractivity contribution in [3.8, 4) is 0 Å². The molecular weight excluding hydrogens is 302 g/mol. The van der Waals surface area contributed by atoms with E-state index in [-0.39, 0.29) is 22.4 Å². The summed E-state index contributed by atoms with van der Waals surface area (Å²) >= 11 is 1.06. The third-order valence-corrected chi connectivity index (χ3v) is 5.47. The van der Waals surface area contributed by atoms with Crippen LogP contribution in [0.5, 0.6) is 0 Å². The number of carbonyl (C=O) groups excluding carboxylic acids is 1. The Morgan fingerprint density at radius 1 is 1.50 bits per heavy atom. The lowest BCUT2D eigenvalue weighted by Gasteiger charge is -2.14. The molecule has 0 saturated heterocycles. The predicted octanol–water partition coefficient (Wildman–Crippen LogP) is 1.55. The molecule has 1 rings (SSSR count). The number of hydrogen-bond donors (Lipinski definition) is 1. The highest BCUT2D eigenvalue weighted by molar-refractivity contribution is 7.89. The number of rotatable bonds is 7. The Morgan fingerprint density at radius 3 is 2.70 bits per heavy atom. The van der Waals surface area contributed by atoms with Crippen molar-refractivity contribution in [3.05, 3.63) is 15.8 Å². The Kier molecular flexibility index (Phi) is 6.12. The SMILES string of the molecule is CCOCC(C)NS(=O)(=O)c1c(C)csc1C(=O)OC. The van der Waals surface area contributed by atoms with Crippen molar-refractivity contribution < 1.29 is 22.7 Å². The van der Waals surface area contributed by atoms with E-state index in [0.717, 1.165) is 11.3 Å². The summed E-state index contributed by atoms with van der Waals surface area (Å²) in [5.41, 5.74) is 0.520. The van der Waals surface area contributed by atoms with Gasteiger partial charge in [0.1, 0.15) is 9.77 Å². The minimum atomic E-state index is -3.78. The van der Waals surface area contributed by atoms with Gasteiger partial charge in [0.05, 0.1) is 13.7 Å². The van der Waals surface area contributed by atoms with Crippen LogP contribution in [0.4, 0.5) is 0 Å². The molecule has 0 fully saturated rings. The van der Waals surface area contributed by atoms with Crippen LogP contribution in [0.15, 0.2) is 10.3 Å². The first-order valence-corrected chi connectivity index (χ1v) is 8.46. The van der Waals surface area contributed by atoms with Crippen molar-refractivity contribution in [1.82, 2.24) is 4.72 Å². The molecule has 0 aromatic carbocycles. The molecule has 1 aromatic rings. The fourth-order valence-electron chi connectivity index (χ4n) is 1.65. The van der Waals surface area contributed by atoms with Crippen LogP contribution in [-0.4, -0.2) is 40.8 Å². The van der Waals surface area contributed by atoms with Gasteiger partial charge in [-0.2, -0.15) is 0 Å². The minimum Gasteiger partial charge on any atom is -0.465 e. The van der Waals surface area contributed by atoms with Gasteiger partial charge in [0, 0.05) is 12.6 Å². The molecule has 1 unspecified atom stereocenters. The van der Waals surface area contributed by atoms with Gasteiger partial charge in [-0.15, -0.1) is 11.3 Å². The summed E-state index contributed by atoms with van der Waals surface area (Å²) in [4.78, 5) is 11.7. The number of esters is 1. The molecule has 1 N–H and O–H groups in total. The summed E-state index contributed by atoms with van der Waals surface area (Å²) in [6.07, 6.45) is 0.